The molecular weight excluding hydrogens is 160 g/mol. The second kappa shape index (κ2) is 3.44. The Morgan fingerprint density at radius 2 is 2.23 bits per heavy atom. The summed E-state index contributed by atoms with van der Waals surface area (Å²) >= 11 is 0. The highest BCUT2D eigenvalue weighted by Gasteiger charge is 1.94. The summed E-state index contributed by atoms with van der Waals surface area (Å²) in [6.07, 6.45) is 3.78. The molecule has 0 bridgehead atoms. The van der Waals surface area contributed by atoms with E-state index in [1.54, 1.807) is 6.20 Å². The Kier molecular flexibility index (Phi) is 2.13. The molecule has 1 heterocycles. The first-order chi connectivity index (χ1) is 6.34. The van der Waals surface area contributed by atoms with Crippen molar-refractivity contribution in [3.8, 4) is 0 Å². The molecule has 0 spiro atoms. The van der Waals surface area contributed by atoms with E-state index in [0.29, 0.717) is 0 Å². The van der Waals surface area contributed by atoms with Crippen LogP contribution in [0.2, 0.25) is 0 Å². The third-order valence-corrected chi connectivity index (χ3v) is 1.99. The fourth-order valence-corrected chi connectivity index (χ4v) is 1.39. The van der Waals surface area contributed by atoms with E-state index in [1.807, 2.05) is 16.9 Å². The summed E-state index contributed by atoms with van der Waals surface area (Å²) in [7, 11) is 0. The van der Waals surface area contributed by atoms with Gasteiger partial charge >= 0.3 is 0 Å². The van der Waals surface area contributed by atoms with Gasteiger partial charge in [0.25, 0.3) is 0 Å². The largest absolute Gasteiger partial charge is 0.268 e. The Hall–Kier alpha value is -1.57. The Bertz CT molecular complexity index is 377. The number of aromatic nitrogens is 2. The number of rotatable bonds is 2. The van der Waals surface area contributed by atoms with Gasteiger partial charge in [0.2, 0.25) is 0 Å². The molecule has 1 aromatic carbocycles. The van der Waals surface area contributed by atoms with Gasteiger partial charge in [0, 0.05) is 12.4 Å². The van der Waals surface area contributed by atoms with Crippen molar-refractivity contribution < 1.29 is 0 Å². The van der Waals surface area contributed by atoms with Crippen LogP contribution in [-0.2, 0) is 6.54 Å². The van der Waals surface area contributed by atoms with Crippen molar-refractivity contribution in [2.45, 2.75) is 13.5 Å². The molecule has 1 aromatic heterocycles. The van der Waals surface area contributed by atoms with Crippen LogP contribution in [0.3, 0.4) is 0 Å². The van der Waals surface area contributed by atoms with Crippen molar-refractivity contribution in [1.29, 1.82) is 0 Å². The molecule has 2 nitrogen and oxygen atoms in total. The highest BCUT2D eigenvalue weighted by atomic mass is 15.3. The van der Waals surface area contributed by atoms with Gasteiger partial charge in [0.1, 0.15) is 0 Å². The van der Waals surface area contributed by atoms with Crippen LogP contribution in [0.5, 0.6) is 0 Å². The summed E-state index contributed by atoms with van der Waals surface area (Å²) in [5, 5.41) is 4.16. The summed E-state index contributed by atoms with van der Waals surface area (Å²) in [5.74, 6) is 0. The fourth-order valence-electron chi connectivity index (χ4n) is 1.39. The average Bonchev–Trinajstić information content (AvgIpc) is 2.57. The highest BCUT2D eigenvalue weighted by molar-refractivity contribution is 5.22. The summed E-state index contributed by atoms with van der Waals surface area (Å²) in [6.45, 7) is 2.96. The normalized spacial score (nSPS) is 10.2. The Morgan fingerprint density at radius 3 is 2.92 bits per heavy atom. The fraction of sp³-hybridized carbons (Fsp3) is 0.182. The average molecular weight is 172 g/mol. The van der Waals surface area contributed by atoms with Gasteiger partial charge in [-0.1, -0.05) is 29.8 Å². The van der Waals surface area contributed by atoms with Crippen LogP contribution >= 0.6 is 0 Å². The molecule has 0 N–H and O–H groups in total. The predicted molar refractivity (Wildman–Crippen MR) is 52.5 cm³/mol. The smallest absolute Gasteiger partial charge is 0.0659 e. The second-order valence-electron chi connectivity index (χ2n) is 3.19. The maximum absolute atomic E-state index is 4.16. The lowest BCUT2D eigenvalue weighted by Crippen LogP contribution is -1.99. The summed E-state index contributed by atoms with van der Waals surface area (Å²) < 4.78 is 1.93. The standard InChI is InChI=1S/C11H12N2/c1-10-4-2-5-11(8-10)9-13-7-3-6-12-13/h2-8H,9H2,1H3. The minimum atomic E-state index is 0.856. The Labute approximate surface area is 77.8 Å². The number of benzene rings is 1. The topological polar surface area (TPSA) is 17.8 Å². The van der Waals surface area contributed by atoms with Crippen molar-refractivity contribution in [3.63, 3.8) is 0 Å². The monoisotopic (exact) mass is 172 g/mol. The summed E-state index contributed by atoms with van der Waals surface area (Å²) in [4.78, 5) is 0. The molecule has 2 aromatic rings. The lowest BCUT2D eigenvalue weighted by atomic mass is 10.1. The third-order valence-electron chi connectivity index (χ3n) is 1.99. The van der Waals surface area contributed by atoms with E-state index < -0.39 is 0 Å². The molecule has 0 amide bonds. The minimum Gasteiger partial charge on any atom is -0.268 e. The van der Waals surface area contributed by atoms with Crippen LogP contribution < -0.4 is 0 Å². The van der Waals surface area contributed by atoms with E-state index in [0.717, 1.165) is 6.54 Å². The van der Waals surface area contributed by atoms with E-state index >= 15 is 0 Å². The van der Waals surface area contributed by atoms with Gasteiger partial charge in [-0.15, -0.1) is 0 Å². The highest BCUT2D eigenvalue weighted by Crippen LogP contribution is 2.05. The zero-order chi connectivity index (χ0) is 9.10. The molecule has 2 rings (SSSR count). The first-order valence-electron chi connectivity index (χ1n) is 4.37. The van der Waals surface area contributed by atoms with Gasteiger partial charge in [-0.05, 0) is 18.6 Å². The summed E-state index contributed by atoms with van der Waals surface area (Å²) in [6, 6.07) is 10.4. The maximum atomic E-state index is 4.16. The van der Waals surface area contributed by atoms with Gasteiger partial charge < -0.3 is 0 Å². The zero-order valence-corrected chi connectivity index (χ0v) is 7.64. The molecule has 0 fully saturated rings. The molecule has 0 aliphatic rings. The lowest BCUT2D eigenvalue weighted by molar-refractivity contribution is 0.686. The Balaban J connectivity index is 2.19. The minimum absolute atomic E-state index is 0.856. The van der Waals surface area contributed by atoms with Crippen molar-refractivity contribution in [1.82, 2.24) is 9.78 Å². The van der Waals surface area contributed by atoms with E-state index in [2.05, 4.69) is 36.3 Å². The first-order valence-corrected chi connectivity index (χ1v) is 4.37. The van der Waals surface area contributed by atoms with Crippen LogP contribution in [0.1, 0.15) is 11.1 Å². The molecule has 0 saturated heterocycles. The molecule has 0 aliphatic heterocycles. The zero-order valence-electron chi connectivity index (χ0n) is 7.64. The number of hydrogen-bond donors (Lipinski definition) is 0. The summed E-state index contributed by atoms with van der Waals surface area (Å²) in [5.41, 5.74) is 2.59. The number of nitrogens with zero attached hydrogens (tertiary/aromatic N) is 2. The van der Waals surface area contributed by atoms with Crippen molar-refractivity contribution in [2.75, 3.05) is 0 Å². The van der Waals surface area contributed by atoms with Gasteiger partial charge in [0.05, 0.1) is 6.54 Å². The van der Waals surface area contributed by atoms with Crippen LogP contribution in [0.15, 0.2) is 42.7 Å². The molecule has 0 aliphatic carbocycles. The predicted octanol–water partition coefficient (Wildman–Crippen LogP) is 2.24. The Morgan fingerprint density at radius 1 is 1.31 bits per heavy atom. The van der Waals surface area contributed by atoms with Gasteiger partial charge in [0.15, 0.2) is 0 Å². The van der Waals surface area contributed by atoms with Crippen LogP contribution in [0.25, 0.3) is 0 Å². The molecule has 2 heteroatoms. The number of hydrogen-bond acceptors (Lipinski definition) is 1. The molecular formula is C11H12N2. The van der Waals surface area contributed by atoms with Gasteiger partial charge in [-0.25, -0.2) is 0 Å². The van der Waals surface area contributed by atoms with E-state index in [4.69, 9.17) is 0 Å². The number of aryl methyl sites for hydroxylation is 1. The molecule has 0 radical (unpaired) electrons. The SMILES string of the molecule is Cc1cccc(Cn2cccn2)c1. The van der Waals surface area contributed by atoms with Crippen LogP contribution in [0, 0.1) is 6.92 Å². The molecule has 13 heavy (non-hydrogen) atoms. The molecule has 0 saturated carbocycles. The van der Waals surface area contributed by atoms with Crippen LogP contribution in [-0.4, -0.2) is 9.78 Å². The van der Waals surface area contributed by atoms with Crippen LogP contribution in [0.4, 0.5) is 0 Å². The van der Waals surface area contributed by atoms with Crippen molar-refractivity contribution in [2.24, 2.45) is 0 Å². The van der Waals surface area contributed by atoms with Crippen molar-refractivity contribution in [3.05, 3.63) is 53.9 Å². The van der Waals surface area contributed by atoms with Crippen molar-refractivity contribution >= 4 is 0 Å². The molecule has 66 valence electrons. The second-order valence-corrected chi connectivity index (χ2v) is 3.19. The first kappa shape index (κ1) is 8.05. The van der Waals surface area contributed by atoms with Gasteiger partial charge in [-0.3, -0.25) is 4.68 Å². The quantitative estimate of drug-likeness (QED) is 0.679. The third kappa shape index (κ3) is 1.96. The van der Waals surface area contributed by atoms with E-state index in [1.165, 1.54) is 11.1 Å². The molecule has 0 unspecified atom stereocenters. The lowest BCUT2D eigenvalue weighted by Gasteiger charge is -2.02. The van der Waals surface area contributed by atoms with E-state index in [-0.39, 0.29) is 0 Å². The van der Waals surface area contributed by atoms with Gasteiger partial charge in [-0.2, -0.15) is 5.10 Å². The maximum Gasteiger partial charge on any atom is 0.0659 e. The van der Waals surface area contributed by atoms with E-state index in [9.17, 15) is 0 Å². The molecule has 0 atom stereocenters.